The van der Waals surface area contributed by atoms with Crippen LogP contribution in [0.15, 0.2) is 27.1 Å². The van der Waals surface area contributed by atoms with Crippen LogP contribution >= 0.6 is 44.1 Å². The molecule has 0 bridgehead atoms. The summed E-state index contributed by atoms with van der Waals surface area (Å²) in [6.07, 6.45) is 1.71. The summed E-state index contributed by atoms with van der Waals surface area (Å²) in [4.78, 5) is 14.8. The first-order chi connectivity index (χ1) is 8.97. The van der Waals surface area contributed by atoms with Gasteiger partial charge >= 0.3 is 0 Å². The third kappa shape index (κ3) is 3.77. The van der Waals surface area contributed by atoms with E-state index in [0.717, 1.165) is 21.8 Å². The molecule has 1 aliphatic heterocycles. The third-order valence-corrected chi connectivity index (χ3v) is 4.54. The van der Waals surface area contributed by atoms with Gasteiger partial charge in [0, 0.05) is 33.5 Å². The van der Waals surface area contributed by atoms with Gasteiger partial charge in [-0.3, -0.25) is 4.79 Å². The van der Waals surface area contributed by atoms with E-state index >= 15 is 0 Å². The summed E-state index contributed by atoms with van der Waals surface area (Å²) in [7, 11) is 0. The molecule has 6 heteroatoms. The fraction of sp³-hybridized carbons (Fsp3) is 0.385. The second kappa shape index (κ2) is 6.33. The molecule has 2 N–H and O–H groups in total. The van der Waals surface area contributed by atoms with E-state index in [1.807, 2.05) is 23.1 Å². The van der Waals surface area contributed by atoms with Gasteiger partial charge in [-0.15, -0.1) is 0 Å². The SMILES string of the molecule is NC(=S)C1CCN(C(=O)c2cc(Br)cc(Br)c2)CC1. The number of piperidine rings is 1. The lowest BCUT2D eigenvalue weighted by Gasteiger charge is -2.31. The molecule has 1 aliphatic rings. The lowest BCUT2D eigenvalue weighted by Crippen LogP contribution is -2.41. The number of halogens is 2. The summed E-state index contributed by atoms with van der Waals surface area (Å²) < 4.78 is 1.78. The number of hydrogen-bond donors (Lipinski definition) is 1. The van der Waals surface area contributed by atoms with Crippen molar-refractivity contribution in [1.29, 1.82) is 0 Å². The maximum Gasteiger partial charge on any atom is 0.253 e. The molecule has 0 radical (unpaired) electrons. The molecule has 0 atom stereocenters. The largest absolute Gasteiger partial charge is 0.393 e. The highest BCUT2D eigenvalue weighted by Crippen LogP contribution is 2.23. The normalized spacial score (nSPS) is 16.4. The number of rotatable bonds is 2. The van der Waals surface area contributed by atoms with Gasteiger partial charge in [-0.05, 0) is 31.0 Å². The summed E-state index contributed by atoms with van der Waals surface area (Å²) in [5.41, 5.74) is 6.35. The lowest BCUT2D eigenvalue weighted by atomic mass is 9.96. The molecule has 0 aromatic heterocycles. The molecule has 2 rings (SSSR count). The first-order valence-corrected chi connectivity index (χ1v) is 8.01. The van der Waals surface area contributed by atoms with Crippen molar-refractivity contribution in [2.75, 3.05) is 13.1 Å². The highest BCUT2D eigenvalue weighted by Gasteiger charge is 2.25. The van der Waals surface area contributed by atoms with Crippen LogP contribution in [-0.4, -0.2) is 28.9 Å². The summed E-state index contributed by atoms with van der Waals surface area (Å²) >= 11 is 11.8. The molecule has 1 aromatic rings. The lowest BCUT2D eigenvalue weighted by molar-refractivity contribution is 0.0710. The van der Waals surface area contributed by atoms with E-state index in [1.165, 1.54) is 0 Å². The predicted octanol–water partition coefficient (Wildman–Crippen LogP) is 3.35. The molecule has 1 aromatic carbocycles. The van der Waals surface area contributed by atoms with Gasteiger partial charge in [-0.2, -0.15) is 0 Å². The van der Waals surface area contributed by atoms with Crippen LogP contribution in [0.1, 0.15) is 23.2 Å². The summed E-state index contributed by atoms with van der Waals surface area (Å²) in [6.45, 7) is 1.43. The zero-order chi connectivity index (χ0) is 14.0. The number of hydrogen-bond acceptors (Lipinski definition) is 2. The number of thiocarbonyl (C=S) groups is 1. The van der Waals surface area contributed by atoms with E-state index in [4.69, 9.17) is 18.0 Å². The van der Waals surface area contributed by atoms with Crippen LogP contribution in [0, 0.1) is 5.92 Å². The number of carbonyl (C=O) groups is 1. The fourth-order valence-corrected chi connectivity index (χ4v) is 3.76. The second-order valence-corrected chi connectivity index (χ2v) is 6.93. The van der Waals surface area contributed by atoms with E-state index in [1.54, 1.807) is 0 Å². The average Bonchev–Trinajstić information content (AvgIpc) is 2.37. The topological polar surface area (TPSA) is 46.3 Å². The summed E-state index contributed by atoms with van der Waals surface area (Å²) in [5, 5.41) is 0. The highest BCUT2D eigenvalue weighted by atomic mass is 79.9. The number of benzene rings is 1. The first kappa shape index (κ1) is 14.9. The van der Waals surface area contributed by atoms with Crippen LogP contribution in [0.2, 0.25) is 0 Å². The smallest absolute Gasteiger partial charge is 0.253 e. The molecule has 1 amide bonds. The molecule has 1 heterocycles. The average molecular weight is 406 g/mol. The van der Waals surface area contributed by atoms with Crippen LogP contribution in [0.25, 0.3) is 0 Å². The molecular weight excluding hydrogens is 392 g/mol. The van der Waals surface area contributed by atoms with Crippen LogP contribution in [0.4, 0.5) is 0 Å². The minimum atomic E-state index is 0.0587. The van der Waals surface area contributed by atoms with Gasteiger partial charge in [0.15, 0.2) is 0 Å². The summed E-state index contributed by atoms with van der Waals surface area (Å²) in [5.74, 6) is 0.330. The Balaban J connectivity index is 2.07. The summed E-state index contributed by atoms with van der Waals surface area (Å²) in [6, 6.07) is 5.59. The Hall–Kier alpha value is -0.460. The van der Waals surface area contributed by atoms with Gasteiger partial charge < -0.3 is 10.6 Å². The molecular formula is C13H14Br2N2OS. The number of likely N-dealkylation sites (tertiary alicyclic amines) is 1. The maximum absolute atomic E-state index is 12.4. The van der Waals surface area contributed by atoms with Gasteiger partial charge in [0.2, 0.25) is 0 Å². The standard InChI is InChI=1S/C13H14Br2N2OS/c14-10-5-9(6-11(15)7-10)13(18)17-3-1-8(2-4-17)12(16)19/h5-8H,1-4H2,(H2,16,19). The fourth-order valence-electron chi connectivity index (χ4n) is 2.23. The maximum atomic E-state index is 12.4. The Labute approximate surface area is 134 Å². The number of nitrogens with two attached hydrogens (primary N) is 1. The van der Waals surface area contributed by atoms with Gasteiger partial charge in [0.05, 0.1) is 4.99 Å². The molecule has 102 valence electrons. The molecule has 19 heavy (non-hydrogen) atoms. The van der Waals surface area contributed by atoms with Crippen LogP contribution in [0.5, 0.6) is 0 Å². The Bertz CT molecular complexity index is 493. The van der Waals surface area contributed by atoms with Crippen molar-refractivity contribution in [3.05, 3.63) is 32.7 Å². The van der Waals surface area contributed by atoms with Crippen LogP contribution in [0.3, 0.4) is 0 Å². The number of amides is 1. The number of carbonyl (C=O) groups excluding carboxylic acids is 1. The monoisotopic (exact) mass is 404 g/mol. The van der Waals surface area contributed by atoms with E-state index in [0.29, 0.717) is 23.6 Å². The molecule has 1 saturated heterocycles. The van der Waals surface area contributed by atoms with Crippen molar-refractivity contribution in [1.82, 2.24) is 4.90 Å². The van der Waals surface area contributed by atoms with Crippen molar-refractivity contribution in [3.8, 4) is 0 Å². The van der Waals surface area contributed by atoms with Gasteiger partial charge in [-0.25, -0.2) is 0 Å². The first-order valence-electron chi connectivity index (χ1n) is 6.02. The van der Waals surface area contributed by atoms with E-state index < -0.39 is 0 Å². The van der Waals surface area contributed by atoms with Gasteiger partial charge in [0.1, 0.15) is 0 Å². The molecule has 0 aliphatic carbocycles. The van der Waals surface area contributed by atoms with Crippen molar-refractivity contribution >= 4 is 55.0 Å². The van der Waals surface area contributed by atoms with Crippen molar-refractivity contribution < 1.29 is 4.79 Å². The minimum absolute atomic E-state index is 0.0587. The van der Waals surface area contributed by atoms with Gasteiger partial charge in [-0.1, -0.05) is 44.1 Å². The molecule has 0 saturated carbocycles. The van der Waals surface area contributed by atoms with Crippen molar-refractivity contribution in [2.45, 2.75) is 12.8 Å². The Morgan fingerprint density at radius 3 is 2.21 bits per heavy atom. The highest BCUT2D eigenvalue weighted by molar-refractivity contribution is 9.11. The zero-order valence-corrected chi connectivity index (χ0v) is 14.2. The second-order valence-electron chi connectivity index (χ2n) is 4.63. The third-order valence-electron chi connectivity index (χ3n) is 3.29. The minimum Gasteiger partial charge on any atom is -0.393 e. The van der Waals surface area contributed by atoms with E-state index in [2.05, 4.69) is 31.9 Å². The van der Waals surface area contributed by atoms with E-state index in [9.17, 15) is 4.79 Å². The van der Waals surface area contributed by atoms with Crippen molar-refractivity contribution in [2.24, 2.45) is 11.7 Å². The van der Waals surface area contributed by atoms with Crippen molar-refractivity contribution in [3.63, 3.8) is 0 Å². The Morgan fingerprint density at radius 2 is 1.74 bits per heavy atom. The van der Waals surface area contributed by atoms with Crippen LogP contribution < -0.4 is 5.73 Å². The van der Waals surface area contributed by atoms with Gasteiger partial charge in [0.25, 0.3) is 5.91 Å². The molecule has 3 nitrogen and oxygen atoms in total. The number of nitrogens with zero attached hydrogens (tertiary/aromatic N) is 1. The van der Waals surface area contributed by atoms with E-state index in [-0.39, 0.29) is 11.8 Å². The molecule has 0 unspecified atom stereocenters. The predicted molar refractivity (Wildman–Crippen MR) is 87.3 cm³/mol. The molecule has 0 spiro atoms. The molecule has 1 fully saturated rings. The Kier molecular flexibility index (Phi) is 4.97. The zero-order valence-electron chi connectivity index (χ0n) is 10.2. The quantitative estimate of drug-likeness (QED) is 0.767. The Morgan fingerprint density at radius 1 is 1.21 bits per heavy atom. The van der Waals surface area contributed by atoms with Crippen LogP contribution in [-0.2, 0) is 0 Å².